The van der Waals surface area contributed by atoms with Gasteiger partial charge in [-0.25, -0.2) is 4.68 Å². The fraction of sp³-hybridized carbons (Fsp3) is 0.500. The number of aryl methyl sites for hydroxylation is 1. The summed E-state index contributed by atoms with van der Waals surface area (Å²) in [7, 11) is 1.71. The molecule has 0 saturated heterocycles. The molecule has 24 heavy (non-hydrogen) atoms. The lowest BCUT2D eigenvalue weighted by Crippen LogP contribution is -2.20. The number of rotatable bonds is 5. The van der Waals surface area contributed by atoms with E-state index in [2.05, 4.69) is 27.8 Å². The van der Waals surface area contributed by atoms with Crippen LogP contribution in [-0.4, -0.2) is 37.8 Å². The van der Waals surface area contributed by atoms with Crippen LogP contribution in [0.15, 0.2) is 5.16 Å². The first-order chi connectivity index (χ1) is 11.5. The quantitative estimate of drug-likeness (QED) is 0.769. The van der Waals surface area contributed by atoms with E-state index in [0.717, 1.165) is 29.7 Å². The topological polar surface area (TPSA) is 116 Å². The summed E-state index contributed by atoms with van der Waals surface area (Å²) in [5.41, 5.74) is 7.02. The number of carbonyl (C=O) groups is 2. The fourth-order valence-corrected chi connectivity index (χ4v) is 4.82. The van der Waals surface area contributed by atoms with Crippen LogP contribution in [0.4, 0.5) is 5.00 Å². The van der Waals surface area contributed by atoms with Crippen molar-refractivity contribution in [1.29, 1.82) is 0 Å². The third-order valence-electron chi connectivity index (χ3n) is 3.92. The van der Waals surface area contributed by atoms with Crippen molar-refractivity contribution in [2.24, 2.45) is 18.7 Å². The van der Waals surface area contributed by atoms with Gasteiger partial charge in [0.05, 0.1) is 11.3 Å². The smallest absolute Gasteiger partial charge is 0.251 e. The molecule has 0 aromatic carbocycles. The summed E-state index contributed by atoms with van der Waals surface area (Å²) >= 11 is 2.70. The van der Waals surface area contributed by atoms with Crippen molar-refractivity contribution >= 4 is 39.9 Å². The highest BCUT2D eigenvalue weighted by Gasteiger charge is 2.27. The minimum atomic E-state index is -0.484. The summed E-state index contributed by atoms with van der Waals surface area (Å²) in [4.78, 5) is 25.2. The number of fused-ring (bicyclic) bond motifs is 1. The van der Waals surface area contributed by atoms with Gasteiger partial charge in [0.1, 0.15) is 5.00 Å². The highest BCUT2D eigenvalue weighted by atomic mass is 32.2. The molecule has 1 atom stereocenters. The molecule has 10 heteroatoms. The van der Waals surface area contributed by atoms with E-state index in [9.17, 15) is 9.59 Å². The number of thiophene rings is 1. The summed E-state index contributed by atoms with van der Waals surface area (Å²) in [6.45, 7) is 2.19. The maximum Gasteiger partial charge on any atom is 0.251 e. The fourth-order valence-electron chi connectivity index (χ4n) is 2.74. The van der Waals surface area contributed by atoms with Crippen LogP contribution in [-0.2, 0) is 24.7 Å². The molecule has 0 spiro atoms. The van der Waals surface area contributed by atoms with Gasteiger partial charge in [-0.1, -0.05) is 18.7 Å². The first-order valence-electron chi connectivity index (χ1n) is 7.55. The van der Waals surface area contributed by atoms with Crippen LogP contribution in [0, 0.1) is 5.92 Å². The minimum Gasteiger partial charge on any atom is -0.365 e. The molecule has 2 heterocycles. The first kappa shape index (κ1) is 16.9. The van der Waals surface area contributed by atoms with Crippen molar-refractivity contribution < 1.29 is 9.59 Å². The molecule has 0 saturated carbocycles. The Bertz CT molecular complexity index is 784. The van der Waals surface area contributed by atoms with Crippen LogP contribution < -0.4 is 11.1 Å². The number of nitrogens with zero attached hydrogens (tertiary/aromatic N) is 4. The van der Waals surface area contributed by atoms with Crippen molar-refractivity contribution in [2.75, 3.05) is 11.1 Å². The van der Waals surface area contributed by atoms with Gasteiger partial charge >= 0.3 is 0 Å². The zero-order chi connectivity index (χ0) is 17.3. The van der Waals surface area contributed by atoms with Crippen LogP contribution >= 0.6 is 23.1 Å². The summed E-state index contributed by atoms with van der Waals surface area (Å²) in [5.74, 6) is 0.0461. The number of carbonyl (C=O) groups excluding carboxylic acids is 2. The van der Waals surface area contributed by atoms with Gasteiger partial charge in [-0.15, -0.1) is 16.4 Å². The largest absolute Gasteiger partial charge is 0.365 e. The molecule has 0 radical (unpaired) electrons. The highest BCUT2D eigenvalue weighted by Crippen LogP contribution is 2.39. The van der Waals surface area contributed by atoms with Crippen molar-refractivity contribution in [3.63, 3.8) is 0 Å². The molecular formula is C14H18N6O2S2. The van der Waals surface area contributed by atoms with Gasteiger partial charge in [-0.05, 0) is 41.2 Å². The second-order valence-corrected chi connectivity index (χ2v) is 7.89. The van der Waals surface area contributed by atoms with Gasteiger partial charge in [0, 0.05) is 11.9 Å². The molecule has 0 fully saturated rings. The number of primary amides is 1. The maximum atomic E-state index is 12.2. The molecule has 3 rings (SSSR count). The lowest BCUT2D eigenvalue weighted by atomic mass is 9.88. The van der Waals surface area contributed by atoms with Crippen molar-refractivity contribution in [3.8, 4) is 0 Å². The minimum absolute atomic E-state index is 0.158. The van der Waals surface area contributed by atoms with Crippen LogP contribution in [0.25, 0.3) is 0 Å². The number of anilines is 1. The second kappa shape index (κ2) is 6.89. The average Bonchev–Trinajstić information content (AvgIpc) is 3.07. The SMILES string of the molecule is C[C@@H]1CCc2c(sc(NC(=O)CSc3nnnn3C)c2C(N)=O)C1. The van der Waals surface area contributed by atoms with Gasteiger partial charge in [0.2, 0.25) is 11.1 Å². The number of tetrazole rings is 1. The summed E-state index contributed by atoms with van der Waals surface area (Å²) < 4.78 is 1.50. The second-order valence-electron chi connectivity index (χ2n) is 5.84. The molecule has 1 aliphatic carbocycles. The van der Waals surface area contributed by atoms with E-state index in [0.29, 0.717) is 21.6 Å². The zero-order valence-electron chi connectivity index (χ0n) is 13.4. The molecule has 2 amide bonds. The Hall–Kier alpha value is -1.94. The normalized spacial score (nSPS) is 16.7. The van der Waals surface area contributed by atoms with Crippen molar-refractivity contribution in [1.82, 2.24) is 20.2 Å². The lowest BCUT2D eigenvalue weighted by molar-refractivity contribution is -0.113. The molecular weight excluding hydrogens is 348 g/mol. The molecule has 8 nitrogen and oxygen atoms in total. The maximum absolute atomic E-state index is 12.2. The van der Waals surface area contributed by atoms with E-state index in [1.165, 1.54) is 27.8 Å². The van der Waals surface area contributed by atoms with Crippen LogP contribution in [0.1, 0.15) is 34.1 Å². The Morgan fingerprint density at radius 1 is 1.50 bits per heavy atom. The molecule has 0 unspecified atom stereocenters. The van der Waals surface area contributed by atoms with Crippen molar-refractivity contribution in [2.45, 2.75) is 31.3 Å². The van der Waals surface area contributed by atoms with Gasteiger partial charge in [-0.2, -0.15) is 0 Å². The predicted octanol–water partition coefficient (Wildman–Crippen LogP) is 1.23. The van der Waals surface area contributed by atoms with Gasteiger partial charge in [0.25, 0.3) is 5.91 Å². The van der Waals surface area contributed by atoms with E-state index in [1.54, 1.807) is 7.05 Å². The van der Waals surface area contributed by atoms with Gasteiger partial charge in [-0.3, -0.25) is 9.59 Å². The predicted molar refractivity (Wildman–Crippen MR) is 92.2 cm³/mol. The van der Waals surface area contributed by atoms with Crippen LogP contribution in [0.2, 0.25) is 0 Å². The summed E-state index contributed by atoms with van der Waals surface area (Å²) in [6.07, 6.45) is 2.79. The monoisotopic (exact) mass is 366 g/mol. The molecule has 1 aliphatic rings. The van der Waals surface area contributed by atoms with Gasteiger partial charge in [0.15, 0.2) is 0 Å². The number of thioether (sulfide) groups is 1. The molecule has 0 aliphatic heterocycles. The number of aromatic nitrogens is 4. The third kappa shape index (κ3) is 3.44. The van der Waals surface area contributed by atoms with Crippen molar-refractivity contribution in [3.05, 3.63) is 16.0 Å². The first-order valence-corrected chi connectivity index (χ1v) is 9.35. The Balaban J connectivity index is 1.73. The van der Waals surface area contributed by atoms with E-state index in [1.807, 2.05) is 0 Å². The van der Waals surface area contributed by atoms with Gasteiger partial charge < -0.3 is 11.1 Å². The molecule has 3 N–H and O–H groups in total. The Labute approximate surface area is 147 Å². The lowest BCUT2D eigenvalue weighted by Gasteiger charge is -2.18. The molecule has 2 aromatic rings. The highest BCUT2D eigenvalue weighted by molar-refractivity contribution is 7.99. The summed E-state index contributed by atoms with van der Waals surface area (Å²) in [6, 6.07) is 0. The van der Waals surface area contributed by atoms with E-state index < -0.39 is 5.91 Å². The molecule has 128 valence electrons. The number of amides is 2. The summed E-state index contributed by atoms with van der Waals surface area (Å²) in [5, 5.41) is 15.0. The number of nitrogens with two attached hydrogens (primary N) is 1. The number of hydrogen-bond donors (Lipinski definition) is 2. The van der Waals surface area contributed by atoms with E-state index in [-0.39, 0.29) is 11.7 Å². The number of hydrogen-bond acceptors (Lipinski definition) is 7. The zero-order valence-corrected chi connectivity index (χ0v) is 15.0. The Kier molecular flexibility index (Phi) is 4.86. The Morgan fingerprint density at radius 3 is 2.96 bits per heavy atom. The number of nitrogens with one attached hydrogen (secondary N) is 1. The molecule has 0 bridgehead atoms. The molecule has 2 aromatic heterocycles. The Morgan fingerprint density at radius 2 is 2.29 bits per heavy atom. The third-order valence-corrected chi connectivity index (χ3v) is 6.11. The van der Waals surface area contributed by atoms with E-state index in [4.69, 9.17) is 5.73 Å². The standard InChI is InChI=1S/C14H18N6O2S2/c1-7-3-4-8-9(5-7)24-13(11(8)12(15)22)16-10(21)6-23-14-17-18-19-20(14)2/h7H,3-6H2,1-2H3,(H2,15,22)(H,16,21)/t7-/m1/s1. The van der Waals surface area contributed by atoms with E-state index >= 15 is 0 Å². The van der Waals surface area contributed by atoms with Crippen LogP contribution in [0.3, 0.4) is 0 Å². The van der Waals surface area contributed by atoms with Crippen LogP contribution in [0.5, 0.6) is 0 Å². The average molecular weight is 366 g/mol.